The zero-order chi connectivity index (χ0) is 28.0. The van der Waals surface area contributed by atoms with E-state index in [1.165, 1.54) is 59.6 Å². The van der Waals surface area contributed by atoms with Crippen molar-refractivity contribution in [3.63, 3.8) is 0 Å². The first kappa shape index (κ1) is 28.5. The molecule has 0 aliphatic carbocycles. The summed E-state index contributed by atoms with van der Waals surface area (Å²) in [5, 5.41) is 15.0. The number of hydrogen-bond donors (Lipinski definition) is 1. The number of hydrogen-bond acceptors (Lipinski definition) is 11. The van der Waals surface area contributed by atoms with Gasteiger partial charge in [-0.3, -0.25) is 14.9 Å². The van der Waals surface area contributed by atoms with Crippen molar-refractivity contribution in [2.45, 2.75) is 16.2 Å². The Morgan fingerprint density at radius 1 is 1.23 bits per heavy atom. The van der Waals surface area contributed by atoms with Crippen LogP contribution in [0.15, 0.2) is 79.5 Å². The van der Waals surface area contributed by atoms with Crippen LogP contribution in [0.3, 0.4) is 0 Å². The Morgan fingerprint density at radius 3 is 2.77 bits per heavy atom. The van der Waals surface area contributed by atoms with Crippen LogP contribution in [0.25, 0.3) is 10.2 Å². The van der Waals surface area contributed by atoms with Crippen molar-refractivity contribution in [2.24, 2.45) is 5.10 Å². The van der Waals surface area contributed by atoms with E-state index in [9.17, 15) is 23.3 Å². The molecule has 1 amide bonds. The van der Waals surface area contributed by atoms with Crippen molar-refractivity contribution in [3.8, 4) is 11.5 Å². The van der Waals surface area contributed by atoms with Gasteiger partial charge in [0.15, 0.2) is 15.8 Å². The van der Waals surface area contributed by atoms with Crippen LogP contribution < -0.4 is 14.3 Å². The van der Waals surface area contributed by atoms with Crippen molar-refractivity contribution in [3.05, 3.63) is 80.8 Å². The van der Waals surface area contributed by atoms with E-state index in [-0.39, 0.29) is 39.1 Å². The Morgan fingerprint density at radius 2 is 2.03 bits per heavy atom. The molecule has 39 heavy (non-hydrogen) atoms. The Labute approximate surface area is 239 Å². The van der Waals surface area contributed by atoms with Crippen molar-refractivity contribution in [1.82, 2.24) is 10.4 Å². The molecular weight excluding hydrogens is 632 g/mol. The Balaban J connectivity index is 1.44. The summed E-state index contributed by atoms with van der Waals surface area (Å²) in [4.78, 5) is 26.7. The number of benzene rings is 3. The first-order valence-corrected chi connectivity index (χ1v) is 15.1. The zero-order valence-corrected chi connectivity index (χ0v) is 24.1. The Kier molecular flexibility index (Phi) is 9.16. The van der Waals surface area contributed by atoms with Crippen molar-refractivity contribution in [1.29, 1.82) is 0 Å². The van der Waals surface area contributed by atoms with Gasteiger partial charge in [0.25, 0.3) is 11.6 Å². The number of amides is 1. The van der Waals surface area contributed by atoms with Crippen LogP contribution in [-0.4, -0.2) is 42.8 Å². The summed E-state index contributed by atoms with van der Waals surface area (Å²) < 4.78 is 38.5. The maximum Gasteiger partial charge on any atom is 0.339 e. The van der Waals surface area contributed by atoms with Crippen LogP contribution >= 0.6 is 39.0 Å². The number of thiazole rings is 1. The van der Waals surface area contributed by atoms with Gasteiger partial charge in [0.2, 0.25) is 0 Å². The molecule has 15 heteroatoms. The minimum atomic E-state index is -4.42. The highest BCUT2D eigenvalue weighted by Crippen LogP contribution is 2.38. The molecule has 4 rings (SSSR count). The van der Waals surface area contributed by atoms with Crippen molar-refractivity contribution in [2.75, 3.05) is 12.4 Å². The van der Waals surface area contributed by atoms with Gasteiger partial charge in [-0.1, -0.05) is 30.0 Å². The number of ether oxygens (including phenoxy) is 1. The molecule has 0 spiro atoms. The van der Waals surface area contributed by atoms with Gasteiger partial charge in [0, 0.05) is 12.1 Å². The molecule has 0 fully saturated rings. The summed E-state index contributed by atoms with van der Waals surface area (Å²) in [6, 6.07) is 15.2. The predicted octanol–water partition coefficient (Wildman–Crippen LogP) is 5.38. The number of nitrogens with zero attached hydrogens (tertiary/aromatic N) is 3. The van der Waals surface area contributed by atoms with E-state index in [4.69, 9.17) is 8.92 Å². The van der Waals surface area contributed by atoms with Crippen LogP contribution in [0.5, 0.6) is 11.5 Å². The molecule has 0 unspecified atom stereocenters. The highest BCUT2D eigenvalue weighted by molar-refractivity contribution is 9.10. The monoisotopic (exact) mass is 650 g/mol. The summed E-state index contributed by atoms with van der Waals surface area (Å²) in [6.07, 6.45) is 1.37. The van der Waals surface area contributed by atoms with Gasteiger partial charge in [-0.2, -0.15) is 13.5 Å². The second-order valence-corrected chi connectivity index (χ2v) is 12.2. The number of fused-ring (bicyclic) bond motifs is 1. The lowest BCUT2D eigenvalue weighted by molar-refractivity contribution is -0.385. The average molecular weight is 652 g/mol. The van der Waals surface area contributed by atoms with Gasteiger partial charge in [-0.25, -0.2) is 10.4 Å². The largest absolute Gasteiger partial charge is 0.490 e. The first-order chi connectivity index (χ1) is 18.7. The van der Waals surface area contributed by atoms with E-state index >= 15 is 0 Å². The molecule has 3 aromatic carbocycles. The number of halogens is 1. The SMILES string of the molecule is CCOc1cc(/C=N\NC(=O)CSc2nc3ccccc3s2)cc(Br)c1OS(=O)(=O)c1cccc([N+](=O)[O-])c1. The maximum atomic E-state index is 12.8. The zero-order valence-electron chi connectivity index (χ0n) is 20.1. The van der Waals surface area contributed by atoms with Gasteiger partial charge in [0.05, 0.1) is 38.2 Å². The van der Waals surface area contributed by atoms with E-state index in [1.807, 2.05) is 24.3 Å². The molecule has 0 bridgehead atoms. The highest BCUT2D eigenvalue weighted by atomic mass is 79.9. The number of nitrogens with one attached hydrogen (secondary N) is 1. The van der Waals surface area contributed by atoms with Gasteiger partial charge in [0.1, 0.15) is 4.90 Å². The molecule has 4 aromatic rings. The standard InChI is InChI=1S/C24H19BrN4O7S3/c1-2-35-20-11-15(13-26-28-22(30)14-37-24-27-19-8-3-4-9-21(19)38-24)10-18(25)23(20)36-39(33,34)17-7-5-6-16(12-17)29(31)32/h3-13H,2,14H2,1H3,(H,28,30)/b26-13-. The van der Waals surface area contributed by atoms with Crippen LogP contribution in [-0.2, 0) is 14.9 Å². The van der Waals surface area contributed by atoms with Crippen LogP contribution in [0.1, 0.15) is 12.5 Å². The second kappa shape index (κ2) is 12.5. The minimum Gasteiger partial charge on any atom is -0.490 e. The fourth-order valence-electron chi connectivity index (χ4n) is 3.17. The van der Waals surface area contributed by atoms with Crippen LogP contribution in [0.4, 0.5) is 5.69 Å². The average Bonchev–Trinajstić information content (AvgIpc) is 3.33. The van der Waals surface area contributed by atoms with E-state index in [0.717, 1.165) is 20.6 Å². The summed E-state index contributed by atoms with van der Waals surface area (Å²) >= 11 is 6.09. The van der Waals surface area contributed by atoms with Gasteiger partial charge in [-0.15, -0.1) is 11.3 Å². The number of thioether (sulfide) groups is 1. The molecular formula is C24H19BrN4O7S3. The van der Waals surface area contributed by atoms with Gasteiger partial charge < -0.3 is 8.92 Å². The Hall–Kier alpha value is -3.53. The van der Waals surface area contributed by atoms with Gasteiger partial charge in [-0.05, 0) is 58.7 Å². The fraction of sp³-hybridized carbons (Fsp3) is 0.125. The lowest BCUT2D eigenvalue weighted by Gasteiger charge is -2.14. The van der Waals surface area contributed by atoms with E-state index in [2.05, 4.69) is 31.4 Å². The number of carbonyl (C=O) groups is 1. The van der Waals surface area contributed by atoms with Crippen molar-refractivity contribution >= 4 is 77.2 Å². The molecule has 0 aliphatic rings. The summed E-state index contributed by atoms with van der Waals surface area (Å²) in [7, 11) is -4.42. The number of nitro benzene ring substituents is 1. The number of rotatable bonds is 11. The molecule has 1 aromatic heterocycles. The van der Waals surface area contributed by atoms with E-state index in [0.29, 0.717) is 5.56 Å². The summed E-state index contributed by atoms with van der Waals surface area (Å²) in [6.45, 7) is 1.90. The van der Waals surface area contributed by atoms with Crippen molar-refractivity contribution < 1.29 is 27.1 Å². The molecule has 0 atom stereocenters. The summed E-state index contributed by atoms with van der Waals surface area (Å²) in [5.41, 5.74) is 3.41. The number of nitro groups is 1. The minimum absolute atomic E-state index is 0.0834. The Bertz CT molecular complexity index is 1640. The summed E-state index contributed by atoms with van der Waals surface area (Å²) in [5.74, 6) is -0.271. The van der Waals surface area contributed by atoms with Gasteiger partial charge >= 0.3 is 10.1 Å². The number of non-ortho nitro benzene ring substituents is 1. The third kappa shape index (κ3) is 7.32. The van der Waals surface area contributed by atoms with E-state index < -0.39 is 20.7 Å². The number of para-hydroxylation sites is 1. The number of carbonyl (C=O) groups excluding carboxylic acids is 1. The van der Waals surface area contributed by atoms with Crippen LogP contribution in [0, 0.1) is 10.1 Å². The molecule has 11 nitrogen and oxygen atoms in total. The lowest BCUT2D eigenvalue weighted by atomic mass is 10.2. The molecule has 1 heterocycles. The molecule has 1 N–H and O–H groups in total. The quantitative estimate of drug-likeness (QED) is 0.0742. The highest BCUT2D eigenvalue weighted by Gasteiger charge is 2.24. The topological polar surface area (TPSA) is 150 Å². The second-order valence-electron chi connectivity index (χ2n) is 7.58. The third-order valence-corrected chi connectivity index (χ3v) is 8.83. The fourth-order valence-corrected chi connectivity index (χ4v) is 6.67. The first-order valence-electron chi connectivity index (χ1n) is 11.1. The molecule has 0 saturated carbocycles. The maximum absolute atomic E-state index is 12.8. The lowest BCUT2D eigenvalue weighted by Crippen LogP contribution is -2.19. The van der Waals surface area contributed by atoms with Crippen LogP contribution in [0.2, 0.25) is 0 Å². The number of aromatic nitrogens is 1. The normalized spacial score (nSPS) is 11.5. The molecule has 0 saturated heterocycles. The molecule has 0 radical (unpaired) electrons. The third-order valence-electron chi connectivity index (χ3n) is 4.85. The molecule has 202 valence electrons. The predicted molar refractivity (Wildman–Crippen MR) is 152 cm³/mol. The smallest absolute Gasteiger partial charge is 0.339 e. The number of hydrazone groups is 1. The van der Waals surface area contributed by atoms with E-state index in [1.54, 1.807) is 6.92 Å². The molecule has 0 aliphatic heterocycles.